The molecule has 0 saturated carbocycles. The Morgan fingerprint density at radius 2 is 0.476 bits per heavy atom. The Hall–Kier alpha value is 0.444. The molecule has 370 valence electrons. The lowest BCUT2D eigenvalue weighted by Gasteiger charge is -2.46. The quantitative estimate of drug-likeness (QED) is 0.0675. The van der Waals surface area contributed by atoms with Gasteiger partial charge in [0.2, 0.25) is 0 Å². The van der Waals surface area contributed by atoms with Crippen LogP contribution < -0.4 is 26.6 Å². The van der Waals surface area contributed by atoms with Gasteiger partial charge >= 0.3 is 42.8 Å². The monoisotopic (exact) mass is 977 g/mol. The molecule has 0 aromatic heterocycles. The van der Waals surface area contributed by atoms with E-state index in [1.54, 1.807) is 0 Å². The van der Waals surface area contributed by atoms with Gasteiger partial charge in [-0.2, -0.15) is 0 Å². The first-order chi connectivity index (χ1) is 30.3. The number of nitrogens with one attached hydrogen (secondary N) is 5. The predicted molar refractivity (Wildman–Crippen MR) is 270 cm³/mol. The smallest absolute Gasteiger partial charge is 0.325 e. The third-order valence-electron chi connectivity index (χ3n) is 14.2. The Morgan fingerprint density at radius 3 is 0.667 bits per heavy atom. The second kappa shape index (κ2) is 28.2. The van der Waals surface area contributed by atoms with E-state index in [4.69, 9.17) is 25.3 Å². The molecule has 0 radical (unpaired) electrons. The number of nitrogens with zero attached hydrogens (tertiary/aromatic N) is 5. The largest absolute Gasteiger partial charge is 0.416 e. The molecule has 5 heterocycles. The minimum atomic E-state index is -2.94. The summed E-state index contributed by atoms with van der Waals surface area (Å²) < 4.78 is 44.0. The molecule has 16 nitrogen and oxygen atoms in total. The van der Waals surface area contributed by atoms with Crippen LogP contribution in [0.4, 0.5) is 0 Å². The van der Waals surface area contributed by atoms with Gasteiger partial charge in [-0.15, -0.1) is 0 Å². The molecule has 0 bridgehead atoms. The van der Waals surface area contributed by atoms with Crippen LogP contribution in [-0.2, 0) is 25.3 Å². The first-order valence-electron chi connectivity index (χ1n) is 25.4. The molecule has 5 fully saturated rings. The molecule has 0 aromatic carbocycles. The van der Waals surface area contributed by atoms with E-state index in [1.807, 2.05) is 14.2 Å². The van der Waals surface area contributed by atoms with Crippen LogP contribution in [0.15, 0.2) is 0 Å². The fourth-order valence-electron chi connectivity index (χ4n) is 10.4. The summed E-state index contributed by atoms with van der Waals surface area (Å²) in [6.07, 6.45) is 5.32. The highest BCUT2D eigenvalue weighted by Gasteiger charge is 2.52. The van der Waals surface area contributed by atoms with Crippen LogP contribution in [0.25, 0.3) is 0 Å². The fourth-order valence-corrected chi connectivity index (χ4v) is 35.0. The Balaban J connectivity index is 1.38. The van der Waals surface area contributed by atoms with Gasteiger partial charge in [-0.3, -0.25) is 0 Å². The molecule has 0 spiro atoms. The number of hydrogen-bond acceptors (Lipinski definition) is 16. The Morgan fingerprint density at radius 1 is 0.302 bits per heavy atom. The van der Waals surface area contributed by atoms with Crippen molar-refractivity contribution in [2.45, 2.75) is 95.1 Å². The summed E-state index contributed by atoms with van der Waals surface area (Å²) in [5.74, 6) is 0. The molecule has 63 heavy (non-hydrogen) atoms. The number of rotatable bonds is 30. The minimum absolute atomic E-state index is 0.924. The van der Waals surface area contributed by atoms with Crippen molar-refractivity contribution in [3.8, 4) is 0 Å². The lowest BCUT2D eigenvalue weighted by Crippen LogP contribution is -2.63. The second-order valence-corrected chi connectivity index (χ2v) is 37.9. The molecule has 4 unspecified atom stereocenters. The fraction of sp³-hybridized carbons (Fsp3) is 1.00. The standard InChI is InChI=1S/C42H96N10O6Si5/c1-53-59(3,38-8-23-48-28-13-43-14-29-48)55-61(5,40-10-25-50-32-17-45-18-33-50)57-63(7,42-12-27-52-36-21-47-22-37-52)58-62(6,41-11-26-51-34-19-46-20-35-51)56-60(4,54-2)39-9-24-49-30-15-44-16-31-49/h43-47H,8-42H2,1-7H3. The zero-order valence-corrected chi connectivity index (χ0v) is 46.4. The Labute approximate surface area is 390 Å². The maximum absolute atomic E-state index is 7.90. The van der Waals surface area contributed by atoms with E-state index < -0.39 is 42.8 Å². The molecule has 5 saturated heterocycles. The van der Waals surface area contributed by atoms with Crippen LogP contribution in [0, 0.1) is 0 Å². The summed E-state index contributed by atoms with van der Waals surface area (Å²) in [4.78, 5) is 13.0. The second-order valence-electron chi connectivity index (χ2n) is 20.0. The maximum atomic E-state index is 7.90. The van der Waals surface area contributed by atoms with E-state index in [1.165, 1.54) is 0 Å². The van der Waals surface area contributed by atoms with E-state index >= 15 is 0 Å². The summed E-state index contributed by atoms with van der Waals surface area (Å²) in [6.45, 7) is 38.8. The van der Waals surface area contributed by atoms with Crippen LogP contribution in [-0.4, -0.2) is 245 Å². The topological polar surface area (TPSA) is 132 Å². The Bertz CT molecular complexity index is 1170. The normalized spacial score (nSPS) is 25.8. The van der Waals surface area contributed by atoms with Gasteiger partial charge in [-0.05, 0) is 128 Å². The van der Waals surface area contributed by atoms with Crippen molar-refractivity contribution >= 4 is 42.8 Å². The molecular weight excluding hydrogens is 881 g/mol. The molecule has 5 aliphatic rings. The SMILES string of the molecule is CO[Si](C)(CCCN1CCNCC1)O[Si](C)(CCCN1CCNCC1)O[Si](C)(CCCN1CCNCC1)O[Si](C)(CCCN1CCNCC1)O[Si](C)(CCCN1CCNCC1)OC. The highest BCUT2D eigenvalue weighted by atomic mass is 28.5. The summed E-state index contributed by atoms with van der Waals surface area (Å²) in [6, 6.07) is 4.72. The Kier molecular flexibility index (Phi) is 24.3. The molecule has 0 aromatic rings. The van der Waals surface area contributed by atoms with Crippen molar-refractivity contribution in [2.75, 3.05) is 178 Å². The highest BCUT2D eigenvalue weighted by Crippen LogP contribution is 2.36. The van der Waals surface area contributed by atoms with E-state index in [0.29, 0.717) is 0 Å². The summed E-state index contributed by atoms with van der Waals surface area (Å²) in [7, 11) is -10.1. The van der Waals surface area contributed by atoms with Crippen molar-refractivity contribution in [3.63, 3.8) is 0 Å². The van der Waals surface area contributed by atoms with Crippen molar-refractivity contribution in [1.82, 2.24) is 51.1 Å². The molecule has 4 atom stereocenters. The van der Waals surface area contributed by atoms with Gasteiger partial charge in [0.25, 0.3) is 0 Å². The molecule has 21 heteroatoms. The zero-order chi connectivity index (χ0) is 44.9. The molecule has 5 N–H and O–H groups in total. The zero-order valence-electron chi connectivity index (χ0n) is 41.4. The molecule has 0 amide bonds. The first kappa shape index (κ1) is 54.4. The number of hydrogen-bond donors (Lipinski definition) is 5. The van der Waals surface area contributed by atoms with E-state index in [2.05, 4.69) is 83.8 Å². The number of piperazine rings is 5. The van der Waals surface area contributed by atoms with E-state index in [0.717, 1.165) is 226 Å². The summed E-state index contributed by atoms with van der Waals surface area (Å²) >= 11 is 0. The van der Waals surface area contributed by atoms with Gasteiger partial charge in [0.1, 0.15) is 0 Å². The van der Waals surface area contributed by atoms with Crippen LogP contribution in [0.2, 0.25) is 63.0 Å². The van der Waals surface area contributed by atoms with E-state index in [-0.39, 0.29) is 0 Å². The third kappa shape index (κ3) is 20.5. The molecule has 5 rings (SSSR count). The van der Waals surface area contributed by atoms with Crippen molar-refractivity contribution in [3.05, 3.63) is 0 Å². The molecular formula is C42H96N10O6Si5. The van der Waals surface area contributed by atoms with Crippen molar-refractivity contribution < 1.29 is 25.3 Å². The van der Waals surface area contributed by atoms with Gasteiger partial charge in [-0.1, -0.05) is 0 Å². The van der Waals surface area contributed by atoms with Crippen LogP contribution in [0.5, 0.6) is 0 Å². The summed E-state index contributed by atoms with van der Waals surface area (Å²) in [5, 5.41) is 17.6. The predicted octanol–water partition coefficient (Wildman–Crippen LogP) is 2.18. The lowest BCUT2D eigenvalue weighted by atomic mass is 10.3. The van der Waals surface area contributed by atoms with Gasteiger partial charge < -0.3 is 76.4 Å². The third-order valence-corrected chi connectivity index (χ3v) is 36.0. The van der Waals surface area contributed by atoms with Crippen LogP contribution in [0.1, 0.15) is 32.1 Å². The van der Waals surface area contributed by atoms with Gasteiger partial charge in [0, 0.05) is 145 Å². The average molecular weight is 978 g/mol. The molecule has 0 aliphatic carbocycles. The first-order valence-corrected chi connectivity index (χ1v) is 38.0. The van der Waals surface area contributed by atoms with Gasteiger partial charge in [0.15, 0.2) is 0 Å². The van der Waals surface area contributed by atoms with Gasteiger partial charge in [0.05, 0.1) is 0 Å². The highest BCUT2D eigenvalue weighted by molar-refractivity contribution is 6.90. The summed E-state index contributed by atoms with van der Waals surface area (Å²) in [5.41, 5.74) is 0. The minimum Gasteiger partial charge on any atom is -0.416 e. The molecule has 5 aliphatic heterocycles. The van der Waals surface area contributed by atoms with Crippen molar-refractivity contribution in [1.29, 1.82) is 0 Å². The van der Waals surface area contributed by atoms with Crippen molar-refractivity contribution in [2.24, 2.45) is 0 Å². The van der Waals surface area contributed by atoms with Crippen LogP contribution >= 0.6 is 0 Å². The lowest BCUT2D eigenvalue weighted by molar-refractivity contribution is 0.211. The van der Waals surface area contributed by atoms with Gasteiger partial charge in [-0.25, -0.2) is 0 Å². The maximum Gasteiger partial charge on any atom is 0.325 e. The van der Waals surface area contributed by atoms with E-state index in [9.17, 15) is 0 Å². The van der Waals surface area contributed by atoms with Crippen LogP contribution in [0.3, 0.4) is 0 Å². The average Bonchev–Trinajstić information content (AvgIpc) is 3.28.